The van der Waals surface area contributed by atoms with E-state index in [2.05, 4.69) is 15.5 Å². The number of ether oxygens (including phenoxy) is 1. The standard InChI is InChI=1S/C12H19N5O2/c1-7(2)17-12(10(18-4)5-14-17)11(16-13)9-6-19-8(3)15-9/h5-7,11,16H,13H2,1-4H3. The molecule has 2 rings (SSSR count). The Morgan fingerprint density at radius 2 is 2.21 bits per heavy atom. The Morgan fingerprint density at radius 1 is 1.47 bits per heavy atom. The highest BCUT2D eigenvalue weighted by atomic mass is 16.5. The van der Waals surface area contributed by atoms with Crippen molar-refractivity contribution in [2.24, 2.45) is 5.84 Å². The third-order valence-corrected chi connectivity index (χ3v) is 2.88. The van der Waals surface area contributed by atoms with Gasteiger partial charge in [-0.3, -0.25) is 10.5 Å². The molecular weight excluding hydrogens is 246 g/mol. The molecule has 1 unspecified atom stereocenters. The number of hydrogen-bond acceptors (Lipinski definition) is 6. The fourth-order valence-corrected chi connectivity index (χ4v) is 2.02. The number of methoxy groups -OCH3 is 1. The van der Waals surface area contributed by atoms with Crippen molar-refractivity contribution < 1.29 is 9.15 Å². The van der Waals surface area contributed by atoms with Gasteiger partial charge in [0.15, 0.2) is 11.6 Å². The van der Waals surface area contributed by atoms with Gasteiger partial charge in [-0.25, -0.2) is 10.4 Å². The van der Waals surface area contributed by atoms with Gasteiger partial charge < -0.3 is 9.15 Å². The molecule has 19 heavy (non-hydrogen) atoms. The van der Waals surface area contributed by atoms with E-state index in [1.807, 2.05) is 18.5 Å². The molecule has 2 heterocycles. The molecule has 3 N–H and O–H groups in total. The highest BCUT2D eigenvalue weighted by Crippen LogP contribution is 2.30. The van der Waals surface area contributed by atoms with Crippen LogP contribution in [0, 0.1) is 6.92 Å². The summed E-state index contributed by atoms with van der Waals surface area (Å²) in [5.41, 5.74) is 4.26. The molecule has 0 fully saturated rings. The summed E-state index contributed by atoms with van der Waals surface area (Å²) in [6, 6.07) is -0.153. The van der Waals surface area contributed by atoms with E-state index >= 15 is 0 Å². The third kappa shape index (κ3) is 2.47. The molecule has 104 valence electrons. The van der Waals surface area contributed by atoms with Crippen LogP contribution < -0.4 is 16.0 Å². The number of hydrazine groups is 1. The van der Waals surface area contributed by atoms with E-state index in [4.69, 9.17) is 15.0 Å². The van der Waals surface area contributed by atoms with E-state index in [1.165, 1.54) is 0 Å². The van der Waals surface area contributed by atoms with Gasteiger partial charge in [0.05, 0.1) is 13.3 Å². The molecular formula is C12H19N5O2. The summed E-state index contributed by atoms with van der Waals surface area (Å²) in [5, 5.41) is 4.33. The SMILES string of the molecule is COc1cnn(C(C)C)c1C(NN)c1coc(C)n1. The van der Waals surface area contributed by atoms with Crippen molar-refractivity contribution in [2.45, 2.75) is 32.9 Å². The molecule has 0 radical (unpaired) electrons. The van der Waals surface area contributed by atoms with Crippen LogP contribution in [0.4, 0.5) is 0 Å². The van der Waals surface area contributed by atoms with Crippen LogP contribution >= 0.6 is 0 Å². The number of rotatable bonds is 5. The highest BCUT2D eigenvalue weighted by Gasteiger charge is 2.26. The maximum Gasteiger partial charge on any atom is 0.191 e. The van der Waals surface area contributed by atoms with Gasteiger partial charge in [0, 0.05) is 13.0 Å². The van der Waals surface area contributed by atoms with Gasteiger partial charge >= 0.3 is 0 Å². The van der Waals surface area contributed by atoms with Crippen LogP contribution in [0.2, 0.25) is 0 Å². The van der Waals surface area contributed by atoms with E-state index in [0.717, 1.165) is 5.69 Å². The van der Waals surface area contributed by atoms with Crippen LogP contribution in [-0.2, 0) is 0 Å². The Hall–Kier alpha value is -1.86. The lowest BCUT2D eigenvalue weighted by molar-refractivity contribution is 0.393. The number of nitrogens with one attached hydrogen (secondary N) is 1. The van der Waals surface area contributed by atoms with Crippen molar-refractivity contribution in [3.8, 4) is 5.75 Å². The molecule has 7 heteroatoms. The first-order valence-corrected chi connectivity index (χ1v) is 6.08. The molecule has 0 saturated carbocycles. The summed E-state index contributed by atoms with van der Waals surface area (Å²) in [5.74, 6) is 6.92. The Labute approximate surface area is 111 Å². The van der Waals surface area contributed by atoms with Crippen LogP contribution in [0.15, 0.2) is 16.9 Å². The quantitative estimate of drug-likeness (QED) is 0.626. The average Bonchev–Trinajstić information content (AvgIpc) is 2.97. The van der Waals surface area contributed by atoms with Crippen molar-refractivity contribution >= 4 is 0 Å². The van der Waals surface area contributed by atoms with Crippen LogP contribution in [0.25, 0.3) is 0 Å². The van der Waals surface area contributed by atoms with E-state index < -0.39 is 0 Å². The molecule has 0 spiro atoms. The normalized spacial score (nSPS) is 12.9. The average molecular weight is 265 g/mol. The number of oxazole rings is 1. The van der Waals surface area contributed by atoms with Gasteiger partial charge in [-0.05, 0) is 13.8 Å². The second-order valence-corrected chi connectivity index (χ2v) is 4.53. The highest BCUT2D eigenvalue weighted by molar-refractivity contribution is 5.33. The van der Waals surface area contributed by atoms with Gasteiger partial charge in [0.2, 0.25) is 0 Å². The fraction of sp³-hybridized carbons (Fsp3) is 0.500. The molecule has 0 amide bonds. The summed E-state index contributed by atoms with van der Waals surface area (Å²) in [7, 11) is 1.60. The topological polar surface area (TPSA) is 91.1 Å². The predicted octanol–water partition coefficient (Wildman–Crippen LogP) is 1.32. The Bertz CT molecular complexity index is 546. The Kier molecular flexibility index (Phi) is 3.87. The minimum absolute atomic E-state index is 0.183. The molecule has 0 bridgehead atoms. The number of hydrogen-bond donors (Lipinski definition) is 2. The maximum absolute atomic E-state index is 5.67. The lowest BCUT2D eigenvalue weighted by atomic mass is 10.1. The maximum atomic E-state index is 5.67. The second-order valence-electron chi connectivity index (χ2n) is 4.53. The Balaban J connectivity index is 2.50. The van der Waals surface area contributed by atoms with Gasteiger partial charge in [-0.1, -0.05) is 0 Å². The summed E-state index contributed by atoms with van der Waals surface area (Å²) in [6.45, 7) is 5.86. The molecule has 1 atom stereocenters. The summed E-state index contributed by atoms with van der Waals surface area (Å²) in [6.07, 6.45) is 3.25. The second kappa shape index (κ2) is 5.41. The van der Waals surface area contributed by atoms with Gasteiger partial charge in [0.1, 0.15) is 23.7 Å². The molecule has 0 aliphatic rings. The molecule has 2 aromatic rings. The fourth-order valence-electron chi connectivity index (χ4n) is 2.02. The van der Waals surface area contributed by atoms with Gasteiger partial charge in [-0.2, -0.15) is 5.10 Å². The minimum atomic E-state index is -0.336. The van der Waals surface area contributed by atoms with E-state index in [1.54, 1.807) is 26.5 Å². The minimum Gasteiger partial charge on any atom is -0.493 e. The van der Waals surface area contributed by atoms with Crippen LogP contribution in [0.1, 0.15) is 43.2 Å². The lowest BCUT2D eigenvalue weighted by Gasteiger charge is -2.18. The van der Waals surface area contributed by atoms with E-state index in [0.29, 0.717) is 17.3 Å². The van der Waals surface area contributed by atoms with Crippen molar-refractivity contribution in [2.75, 3.05) is 7.11 Å². The van der Waals surface area contributed by atoms with E-state index in [9.17, 15) is 0 Å². The first kappa shape index (κ1) is 13.6. The number of aromatic nitrogens is 3. The largest absolute Gasteiger partial charge is 0.493 e. The molecule has 0 aliphatic carbocycles. The first-order valence-electron chi connectivity index (χ1n) is 6.08. The summed E-state index contributed by atoms with van der Waals surface area (Å²) in [4.78, 5) is 4.31. The molecule has 7 nitrogen and oxygen atoms in total. The molecule has 0 saturated heterocycles. The van der Waals surface area contributed by atoms with E-state index in [-0.39, 0.29) is 12.1 Å². The molecule has 0 aliphatic heterocycles. The lowest BCUT2D eigenvalue weighted by Crippen LogP contribution is -2.31. The predicted molar refractivity (Wildman–Crippen MR) is 69.6 cm³/mol. The smallest absolute Gasteiger partial charge is 0.191 e. The van der Waals surface area contributed by atoms with Crippen LogP contribution in [0.5, 0.6) is 5.75 Å². The molecule has 2 aromatic heterocycles. The zero-order chi connectivity index (χ0) is 14.0. The Morgan fingerprint density at radius 3 is 2.68 bits per heavy atom. The van der Waals surface area contributed by atoms with Gasteiger partial charge in [-0.15, -0.1) is 0 Å². The van der Waals surface area contributed by atoms with Crippen LogP contribution in [0.3, 0.4) is 0 Å². The molecule has 0 aromatic carbocycles. The number of nitrogens with zero attached hydrogens (tertiary/aromatic N) is 3. The van der Waals surface area contributed by atoms with Crippen molar-refractivity contribution in [3.63, 3.8) is 0 Å². The first-order chi connectivity index (χ1) is 9.08. The zero-order valence-electron chi connectivity index (χ0n) is 11.5. The van der Waals surface area contributed by atoms with Gasteiger partial charge in [0.25, 0.3) is 0 Å². The summed E-state index contributed by atoms with van der Waals surface area (Å²) < 4.78 is 12.4. The summed E-state index contributed by atoms with van der Waals surface area (Å²) >= 11 is 0. The van der Waals surface area contributed by atoms with Crippen molar-refractivity contribution in [1.82, 2.24) is 20.2 Å². The zero-order valence-corrected chi connectivity index (χ0v) is 11.5. The van der Waals surface area contributed by atoms with Crippen molar-refractivity contribution in [1.29, 1.82) is 0 Å². The number of aryl methyl sites for hydroxylation is 1. The number of nitrogens with two attached hydrogens (primary N) is 1. The van der Waals surface area contributed by atoms with Crippen LogP contribution in [-0.4, -0.2) is 21.9 Å². The third-order valence-electron chi connectivity index (χ3n) is 2.88. The van der Waals surface area contributed by atoms with Crippen molar-refractivity contribution in [3.05, 3.63) is 29.7 Å². The monoisotopic (exact) mass is 265 g/mol.